The maximum atomic E-state index is 12.9. The predicted octanol–water partition coefficient (Wildman–Crippen LogP) is 2.78. The van der Waals surface area contributed by atoms with Crippen LogP contribution in [-0.2, 0) is 9.59 Å². The van der Waals surface area contributed by atoms with Gasteiger partial charge in [0.2, 0.25) is 11.8 Å². The van der Waals surface area contributed by atoms with E-state index in [1.54, 1.807) is 24.4 Å². The molecule has 1 unspecified atom stereocenters. The van der Waals surface area contributed by atoms with E-state index in [4.69, 9.17) is 0 Å². The van der Waals surface area contributed by atoms with Crippen LogP contribution in [0, 0.1) is 12.8 Å². The number of carbonyl (C=O) groups excluding carboxylic acids is 2. The maximum absolute atomic E-state index is 12.9. The largest absolute Gasteiger partial charge is 0.354 e. The summed E-state index contributed by atoms with van der Waals surface area (Å²) in [5.41, 5.74) is 1.31. The highest BCUT2D eigenvalue weighted by molar-refractivity contribution is 5.94. The molecule has 0 aliphatic carbocycles. The standard InChI is InChI=1S/C22H25N7O2/c1-15-23-10-12-29(15)21-9-8-20(26-27-21)28-11-4-5-17(14-28)22(31)25-19-7-3-6-18(13-19)24-16(2)30/h3,6-10,12-13,17H,4-5,11,14H2,1-2H3,(H,24,30)(H,25,31). The van der Waals surface area contributed by atoms with E-state index in [2.05, 4.69) is 30.7 Å². The first kappa shape index (κ1) is 20.5. The molecule has 1 aliphatic heterocycles. The lowest BCUT2D eigenvalue weighted by Crippen LogP contribution is -2.41. The molecule has 2 amide bonds. The third kappa shape index (κ3) is 4.88. The van der Waals surface area contributed by atoms with E-state index in [0.717, 1.165) is 31.0 Å². The molecule has 1 saturated heterocycles. The Morgan fingerprint density at radius 1 is 1.06 bits per heavy atom. The fraction of sp³-hybridized carbons (Fsp3) is 0.318. The Hall–Kier alpha value is -3.75. The van der Waals surface area contributed by atoms with Gasteiger partial charge in [-0.25, -0.2) is 4.98 Å². The number of aryl methyl sites for hydroxylation is 1. The van der Waals surface area contributed by atoms with Crippen molar-refractivity contribution in [2.24, 2.45) is 5.92 Å². The minimum Gasteiger partial charge on any atom is -0.354 e. The Morgan fingerprint density at radius 3 is 2.48 bits per heavy atom. The fourth-order valence-corrected chi connectivity index (χ4v) is 3.76. The first-order valence-corrected chi connectivity index (χ1v) is 10.3. The molecule has 3 heterocycles. The number of anilines is 3. The molecule has 9 heteroatoms. The summed E-state index contributed by atoms with van der Waals surface area (Å²) in [6.07, 6.45) is 5.29. The van der Waals surface area contributed by atoms with Crippen molar-refractivity contribution in [1.82, 2.24) is 19.7 Å². The van der Waals surface area contributed by atoms with Gasteiger partial charge in [-0.05, 0) is 50.1 Å². The molecule has 2 aromatic heterocycles. The normalized spacial score (nSPS) is 16.1. The van der Waals surface area contributed by atoms with Gasteiger partial charge in [0.25, 0.3) is 0 Å². The lowest BCUT2D eigenvalue weighted by Gasteiger charge is -2.32. The van der Waals surface area contributed by atoms with Crippen LogP contribution in [-0.4, -0.2) is 44.7 Å². The quantitative estimate of drug-likeness (QED) is 0.659. The second-order valence-electron chi connectivity index (χ2n) is 7.63. The molecule has 4 rings (SSSR count). The number of rotatable bonds is 5. The van der Waals surface area contributed by atoms with Crippen molar-refractivity contribution in [1.29, 1.82) is 0 Å². The number of carbonyl (C=O) groups is 2. The van der Waals surface area contributed by atoms with Crippen molar-refractivity contribution in [3.8, 4) is 5.82 Å². The number of piperidine rings is 1. The summed E-state index contributed by atoms with van der Waals surface area (Å²) in [7, 11) is 0. The molecule has 160 valence electrons. The fourth-order valence-electron chi connectivity index (χ4n) is 3.76. The maximum Gasteiger partial charge on any atom is 0.229 e. The van der Waals surface area contributed by atoms with E-state index < -0.39 is 0 Å². The Balaban J connectivity index is 1.41. The van der Waals surface area contributed by atoms with Crippen molar-refractivity contribution in [2.45, 2.75) is 26.7 Å². The summed E-state index contributed by atoms with van der Waals surface area (Å²) >= 11 is 0. The summed E-state index contributed by atoms with van der Waals surface area (Å²) in [4.78, 5) is 30.4. The lowest BCUT2D eigenvalue weighted by atomic mass is 9.97. The van der Waals surface area contributed by atoms with Crippen molar-refractivity contribution in [3.05, 3.63) is 54.6 Å². The predicted molar refractivity (Wildman–Crippen MR) is 118 cm³/mol. The van der Waals surface area contributed by atoms with E-state index in [1.807, 2.05) is 35.9 Å². The highest BCUT2D eigenvalue weighted by Crippen LogP contribution is 2.24. The minimum absolute atomic E-state index is 0.0386. The average molecular weight is 419 g/mol. The van der Waals surface area contributed by atoms with Crippen molar-refractivity contribution in [2.75, 3.05) is 28.6 Å². The van der Waals surface area contributed by atoms with Crippen LogP contribution in [0.2, 0.25) is 0 Å². The summed E-state index contributed by atoms with van der Waals surface area (Å²) in [5.74, 6) is 1.97. The number of hydrogen-bond acceptors (Lipinski definition) is 6. The minimum atomic E-state index is -0.157. The van der Waals surface area contributed by atoms with E-state index in [9.17, 15) is 9.59 Å². The molecule has 1 fully saturated rings. The van der Waals surface area contributed by atoms with E-state index >= 15 is 0 Å². The van der Waals surface area contributed by atoms with Crippen LogP contribution in [0.5, 0.6) is 0 Å². The molecule has 9 nitrogen and oxygen atoms in total. The molecule has 0 bridgehead atoms. The van der Waals surface area contributed by atoms with Crippen LogP contribution in [0.1, 0.15) is 25.6 Å². The van der Waals surface area contributed by atoms with E-state index in [-0.39, 0.29) is 17.7 Å². The second kappa shape index (κ2) is 8.95. The number of benzene rings is 1. The van der Waals surface area contributed by atoms with Gasteiger partial charge in [0.1, 0.15) is 5.82 Å². The average Bonchev–Trinajstić information content (AvgIpc) is 3.19. The van der Waals surface area contributed by atoms with E-state index in [1.165, 1.54) is 6.92 Å². The lowest BCUT2D eigenvalue weighted by molar-refractivity contribution is -0.120. The van der Waals surface area contributed by atoms with Crippen molar-refractivity contribution < 1.29 is 9.59 Å². The van der Waals surface area contributed by atoms with Crippen LogP contribution in [0.25, 0.3) is 5.82 Å². The van der Waals surface area contributed by atoms with Gasteiger partial charge >= 0.3 is 0 Å². The zero-order valence-corrected chi connectivity index (χ0v) is 17.6. The smallest absolute Gasteiger partial charge is 0.229 e. The molecule has 31 heavy (non-hydrogen) atoms. The molecule has 1 atom stereocenters. The zero-order chi connectivity index (χ0) is 21.8. The number of amides is 2. The van der Waals surface area contributed by atoms with Crippen LogP contribution >= 0.6 is 0 Å². The molecule has 2 N–H and O–H groups in total. The zero-order valence-electron chi connectivity index (χ0n) is 17.6. The monoisotopic (exact) mass is 419 g/mol. The first-order valence-electron chi connectivity index (χ1n) is 10.3. The molecule has 1 aliphatic rings. The Morgan fingerprint density at radius 2 is 1.81 bits per heavy atom. The van der Waals surface area contributed by atoms with Crippen LogP contribution < -0.4 is 15.5 Å². The highest BCUT2D eigenvalue weighted by Gasteiger charge is 2.27. The number of aromatic nitrogens is 4. The SMILES string of the molecule is CC(=O)Nc1cccc(NC(=O)C2CCCN(c3ccc(-n4ccnc4C)nn3)C2)c1. The molecule has 0 radical (unpaired) electrons. The third-order valence-corrected chi connectivity index (χ3v) is 5.28. The van der Waals surface area contributed by atoms with Gasteiger partial charge in [-0.3, -0.25) is 14.2 Å². The van der Waals surface area contributed by atoms with E-state index in [0.29, 0.717) is 23.7 Å². The van der Waals surface area contributed by atoms with Gasteiger partial charge in [0.15, 0.2) is 11.6 Å². The molecule has 0 spiro atoms. The van der Waals surface area contributed by atoms with Crippen molar-refractivity contribution in [3.63, 3.8) is 0 Å². The molecular weight excluding hydrogens is 394 g/mol. The van der Waals surface area contributed by atoms with Gasteiger partial charge < -0.3 is 15.5 Å². The first-order chi connectivity index (χ1) is 15.0. The van der Waals surface area contributed by atoms with Gasteiger partial charge in [0, 0.05) is 43.8 Å². The van der Waals surface area contributed by atoms with Gasteiger partial charge in [0.05, 0.1) is 5.92 Å². The summed E-state index contributed by atoms with van der Waals surface area (Å²) in [5, 5.41) is 14.4. The topological polar surface area (TPSA) is 105 Å². The van der Waals surface area contributed by atoms with Crippen molar-refractivity contribution >= 4 is 29.0 Å². The number of hydrogen-bond donors (Lipinski definition) is 2. The number of nitrogens with zero attached hydrogens (tertiary/aromatic N) is 5. The summed E-state index contributed by atoms with van der Waals surface area (Å²) < 4.78 is 1.87. The molecule has 0 saturated carbocycles. The van der Waals surface area contributed by atoms with Gasteiger partial charge in [-0.2, -0.15) is 0 Å². The van der Waals surface area contributed by atoms with Gasteiger partial charge in [-0.1, -0.05) is 6.07 Å². The third-order valence-electron chi connectivity index (χ3n) is 5.28. The molecule has 1 aromatic carbocycles. The van der Waals surface area contributed by atoms with Gasteiger partial charge in [-0.15, -0.1) is 10.2 Å². The van der Waals surface area contributed by atoms with Crippen LogP contribution in [0.4, 0.5) is 17.2 Å². The second-order valence-corrected chi connectivity index (χ2v) is 7.63. The molecule has 3 aromatic rings. The Kier molecular flexibility index (Phi) is 5.92. The summed E-state index contributed by atoms with van der Waals surface area (Å²) in [6, 6.07) is 11.0. The Bertz CT molecular complexity index is 1080. The number of nitrogens with one attached hydrogen (secondary N) is 2. The summed E-state index contributed by atoms with van der Waals surface area (Å²) in [6.45, 7) is 4.78. The Labute approximate surface area is 180 Å². The molecular formula is C22H25N7O2. The highest BCUT2D eigenvalue weighted by atomic mass is 16.2. The number of imidazole rings is 1. The van der Waals surface area contributed by atoms with Crippen LogP contribution in [0.3, 0.4) is 0 Å². The van der Waals surface area contributed by atoms with Crippen LogP contribution in [0.15, 0.2) is 48.8 Å².